The van der Waals surface area contributed by atoms with E-state index in [9.17, 15) is 23.6 Å². The van der Waals surface area contributed by atoms with Gasteiger partial charge in [-0.3, -0.25) is 24.1 Å². The van der Waals surface area contributed by atoms with Crippen LogP contribution in [0.15, 0.2) is 72.8 Å². The number of ether oxygens (including phenoxy) is 1. The number of nitrogens with zero attached hydrogens (tertiary/aromatic N) is 3. The molecule has 3 aromatic rings. The first-order valence-corrected chi connectivity index (χ1v) is 14.2. The molecule has 0 atom stereocenters. The van der Waals surface area contributed by atoms with Crippen molar-refractivity contribution in [3.05, 3.63) is 106 Å². The Bertz CT molecular complexity index is 1410. The average Bonchev–Trinajstić information content (AvgIpc) is 3.26. The van der Waals surface area contributed by atoms with Crippen molar-refractivity contribution >= 4 is 23.5 Å². The summed E-state index contributed by atoms with van der Waals surface area (Å²) in [4.78, 5) is 56.9. The number of methoxy groups -OCH3 is 1. The number of amides is 3. The minimum absolute atomic E-state index is 0.0537. The summed E-state index contributed by atoms with van der Waals surface area (Å²) in [7, 11) is 1.60. The second-order valence-corrected chi connectivity index (χ2v) is 10.7. The Morgan fingerprint density at radius 2 is 1.45 bits per heavy atom. The molecule has 1 saturated heterocycles. The van der Waals surface area contributed by atoms with E-state index in [0.29, 0.717) is 48.5 Å². The standard InChI is InChI=1S/C33H34FN3O5/c1-42-21-20-36(19-18-35-16-14-25(15-17-35)30(38)24-10-12-27(34)13-11-24)31(39)26-8-6-23(7-9-26)22-37-32(40)28-4-2-3-5-29(28)33(37)41/h2-13,25H,14-22H2,1H3. The fourth-order valence-electron chi connectivity index (χ4n) is 5.55. The van der Waals surface area contributed by atoms with Crippen LogP contribution in [0.5, 0.6) is 0 Å². The summed E-state index contributed by atoms with van der Waals surface area (Å²) in [5.74, 6) is -1.14. The molecule has 5 rings (SSSR count). The number of fused-ring (bicyclic) bond motifs is 1. The number of imide groups is 1. The summed E-state index contributed by atoms with van der Waals surface area (Å²) in [5, 5.41) is 0. The number of carbonyl (C=O) groups excluding carboxylic acids is 4. The molecular formula is C33H34FN3O5. The summed E-state index contributed by atoms with van der Waals surface area (Å²) in [6, 6.07) is 19.5. The maximum atomic E-state index is 13.4. The maximum absolute atomic E-state index is 13.4. The minimum Gasteiger partial charge on any atom is -0.383 e. The quantitative estimate of drug-likeness (QED) is 0.252. The number of hydrogen-bond donors (Lipinski definition) is 0. The Balaban J connectivity index is 1.15. The van der Waals surface area contributed by atoms with Crippen molar-refractivity contribution in [3.8, 4) is 0 Å². The van der Waals surface area contributed by atoms with E-state index in [1.807, 2.05) is 0 Å². The second kappa shape index (κ2) is 13.2. The van der Waals surface area contributed by atoms with Gasteiger partial charge in [-0.1, -0.05) is 24.3 Å². The molecule has 2 aliphatic rings. The molecule has 2 heterocycles. The third kappa shape index (κ3) is 6.48. The van der Waals surface area contributed by atoms with E-state index in [1.54, 1.807) is 72.7 Å². The summed E-state index contributed by atoms with van der Waals surface area (Å²) in [5.41, 5.74) is 2.63. The predicted octanol–water partition coefficient (Wildman–Crippen LogP) is 4.31. The minimum atomic E-state index is -0.355. The number of hydrogen-bond acceptors (Lipinski definition) is 6. The largest absolute Gasteiger partial charge is 0.383 e. The lowest BCUT2D eigenvalue weighted by Crippen LogP contribution is -2.43. The van der Waals surface area contributed by atoms with Gasteiger partial charge in [0.25, 0.3) is 17.7 Å². The lowest BCUT2D eigenvalue weighted by molar-refractivity contribution is 0.0632. The maximum Gasteiger partial charge on any atom is 0.261 e. The molecule has 218 valence electrons. The fourth-order valence-corrected chi connectivity index (χ4v) is 5.55. The first kappa shape index (κ1) is 29.3. The molecule has 9 heteroatoms. The SMILES string of the molecule is COCCN(CCN1CCC(C(=O)c2ccc(F)cc2)CC1)C(=O)c1ccc(CN2C(=O)c3ccccc3C2=O)cc1. The third-order valence-corrected chi connectivity index (χ3v) is 8.05. The van der Waals surface area contributed by atoms with E-state index in [-0.39, 0.29) is 41.8 Å². The van der Waals surface area contributed by atoms with Crippen LogP contribution in [0.4, 0.5) is 4.39 Å². The molecule has 0 bridgehead atoms. The van der Waals surface area contributed by atoms with Crippen LogP contribution in [0, 0.1) is 11.7 Å². The zero-order valence-corrected chi connectivity index (χ0v) is 23.6. The highest BCUT2D eigenvalue weighted by Gasteiger charge is 2.35. The highest BCUT2D eigenvalue weighted by Crippen LogP contribution is 2.25. The number of ketones is 1. The number of likely N-dealkylation sites (tertiary alicyclic amines) is 1. The van der Waals surface area contributed by atoms with Gasteiger partial charge in [-0.2, -0.15) is 0 Å². The molecule has 0 radical (unpaired) electrons. The monoisotopic (exact) mass is 571 g/mol. The van der Waals surface area contributed by atoms with Crippen molar-refractivity contribution in [2.24, 2.45) is 5.92 Å². The van der Waals surface area contributed by atoms with E-state index in [1.165, 1.54) is 17.0 Å². The van der Waals surface area contributed by atoms with E-state index in [4.69, 9.17) is 4.74 Å². The molecule has 0 aliphatic carbocycles. The first-order chi connectivity index (χ1) is 20.4. The number of piperidine rings is 1. The zero-order chi connectivity index (χ0) is 29.6. The molecule has 3 aromatic carbocycles. The topological polar surface area (TPSA) is 87.2 Å². The molecule has 0 N–H and O–H groups in total. The van der Waals surface area contributed by atoms with Gasteiger partial charge < -0.3 is 14.5 Å². The van der Waals surface area contributed by atoms with E-state index in [2.05, 4.69) is 4.90 Å². The highest BCUT2D eigenvalue weighted by molar-refractivity contribution is 6.21. The van der Waals surface area contributed by atoms with Gasteiger partial charge in [0, 0.05) is 43.8 Å². The molecule has 0 spiro atoms. The van der Waals surface area contributed by atoms with Crippen LogP contribution < -0.4 is 0 Å². The van der Waals surface area contributed by atoms with Gasteiger partial charge in [0.15, 0.2) is 5.78 Å². The lowest BCUT2D eigenvalue weighted by atomic mass is 9.89. The van der Waals surface area contributed by atoms with E-state index >= 15 is 0 Å². The molecular weight excluding hydrogens is 537 g/mol. The number of carbonyl (C=O) groups is 4. The van der Waals surface area contributed by atoms with Crippen molar-refractivity contribution in [3.63, 3.8) is 0 Å². The Morgan fingerprint density at radius 1 is 0.857 bits per heavy atom. The number of benzene rings is 3. The van der Waals surface area contributed by atoms with Gasteiger partial charge in [-0.05, 0) is 80.0 Å². The Hall–Kier alpha value is -4.21. The molecule has 2 aliphatic heterocycles. The van der Waals surface area contributed by atoms with Crippen LogP contribution in [-0.2, 0) is 11.3 Å². The van der Waals surface area contributed by atoms with Crippen molar-refractivity contribution < 1.29 is 28.3 Å². The third-order valence-electron chi connectivity index (χ3n) is 8.05. The van der Waals surface area contributed by atoms with Gasteiger partial charge in [-0.15, -0.1) is 0 Å². The van der Waals surface area contributed by atoms with Crippen LogP contribution in [0.25, 0.3) is 0 Å². The van der Waals surface area contributed by atoms with Crippen molar-refractivity contribution in [1.29, 1.82) is 0 Å². The van der Waals surface area contributed by atoms with Gasteiger partial charge in [0.05, 0.1) is 24.3 Å². The van der Waals surface area contributed by atoms with Crippen LogP contribution in [0.2, 0.25) is 0 Å². The van der Waals surface area contributed by atoms with Crippen molar-refractivity contribution in [2.45, 2.75) is 19.4 Å². The normalized spacial score (nSPS) is 15.6. The van der Waals surface area contributed by atoms with Crippen LogP contribution >= 0.6 is 0 Å². The van der Waals surface area contributed by atoms with Gasteiger partial charge in [0.2, 0.25) is 0 Å². The predicted molar refractivity (Wildman–Crippen MR) is 155 cm³/mol. The summed E-state index contributed by atoms with van der Waals surface area (Å²) in [6.07, 6.45) is 1.44. The van der Waals surface area contributed by atoms with Crippen LogP contribution in [-0.4, -0.2) is 84.6 Å². The van der Waals surface area contributed by atoms with Gasteiger partial charge >= 0.3 is 0 Å². The van der Waals surface area contributed by atoms with Gasteiger partial charge in [-0.25, -0.2) is 4.39 Å². The Labute approximate surface area is 244 Å². The highest BCUT2D eigenvalue weighted by atomic mass is 19.1. The van der Waals surface area contributed by atoms with E-state index in [0.717, 1.165) is 31.5 Å². The lowest BCUT2D eigenvalue weighted by Gasteiger charge is -2.33. The second-order valence-electron chi connectivity index (χ2n) is 10.7. The van der Waals surface area contributed by atoms with Crippen LogP contribution in [0.1, 0.15) is 59.8 Å². The van der Waals surface area contributed by atoms with Crippen LogP contribution in [0.3, 0.4) is 0 Å². The zero-order valence-electron chi connectivity index (χ0n) is 23.6. The number of halogens is 1. The smallest absolute Gasteiger partial charge is 0.261 e. The molecule has 0 aromatic heterocycles. The first-order valence-electron chi connectivity index (χ1n) is 14.2. The average molecular weight is 572 g/mol. The summed E-state index contributed by atoms with van der Waals surface area (Å²) in [6.45, 7) is 3.64. The van der Waals surface area contributed by atoms with Gasteiger partial charge in [0.1, 0.15) is 5.82 Å². The fraction of sp³-hybridized carbons (Fsp3) is 0.333. The molecule has 0 unspecified atom stereocenters. The molecule has 0 saturated carbocycles. The van der Waals surface area contributed by atoms with Crippen molar-refractivity contribution in [1.82, 2.24) is 14.7 Å². The molecule has 42 heavy (non-hydrogen) atoms. The number of rotatable bonds is 11. The van der Waals surface area contributed by atoms with E-state index < -0.39 is 0 Å². The Kier molecular flexibility index (Phi) is 9.19. The number of Topliss-reactive ketones (excluding diaryl/α,β-unsaturated/α-hetero) is 1. The molecule has 1 fully saturated rings. The summed E-state index contributed by atoms with van der Waals surface area (Å²) >= 11 is 0. The summed E-state index contributed by atoms with van der Waals surface area (Å²) < 4.78 is 18.5. The van der Waals surface area contributed by atoms with Crippen molar-refractivity contribution in [2.75, 3.05) is 46.4 Å². The molecule has 8 nitrogen and oxygen atoms in total. The Morgan fingerprint density at radius 3 is 2.05 bits per heavy atom. The molecule has 3 amide bonds.